The van der Waals surface area contributed by atoms with Gasteiger partial charge in [-0.15, -0.1) is 16.4 Å². The van der Waals surface area contributed by atoms with Gasteiger partial charge >= 0.3 is 5.76 Å². The predicted octanol–water partition coefficient (Wildman–Crippen LogP) is 2.46. The SMILES string of the molecule is O=C(CCn1nc(-c2cccs2)oc1=O)N[C@@H]1CCc2c(O)cccc21. The normalized spacial score (nSPS) is 15.8. The van der Waals surface area contributed by atoms with Crippen molar-refractivity contribution >= 4 is 17.2 Å². The number of thiophene rings is 1. The van der Waals surface area contributed by atoms with Crippen LogP contribution in [0.3, 0.4) is 0 Å². The molecular formula is C18H17N3O4S. The molecule has 26 heavy (non-hydrogen) atoms. The van der Waals surface area contributed by atoms with Crippen LogP contribution in [0.25, 0.3) is 10.8 Å². The van der Waals surface area contributed by atoms with Gasteiger partial charge in [0, 0.05) is 6.42 Å². The molecule has 1 atom stereocenters. The van der Waals surface area contributed by atoms with Crippen molar-refractivity contribution in [2.45, 2.75) is 31.8 Å². The van der Waals surface area contributed by atoms with Gasteiger partial charge in [-0.1, -0.05) is 18.2 Å². The highest BCUT2D eigenvalue weighted by atomic mass is 32.1. The van der Waals surface area contributed by atoms with Crippen molar-refractivity contribution in [3.05, 3.63) is 57.4 Å². The van der Waals surface area contributed by atoms with Crippen LogP contribution in [0, 0.1) is 0 Å². The highest BCUT2D eigenvalue weighted by Gasteiger charge is 2.25. The summed E-state index contributed by atoms with van der Waals surface area (Å²) < 4.78 is 6.30. The summed E-state index contributed by atoms with van der Waals surface area (Å²) >= 11 is 1.43. The van der Waals surface area contributed by atoms with Crippen molar-refractivity contribution in [2.24, 2.45) is 0 Å². The second-order valence-corrected chi connectivity index (χ2v) is 7.07. The maximum absolute atomic E-state index is 12.3. The summed E-state index contributed by atoms with van der Waals surface area (Å²) in [4.78, 5) is 24.9. The van der Waals surface area contributed by atoms with E-state index < -0.39 is 5.76 Å². The Hall–Kier alpha value is -2.87. The number of fused-ring (bicyclic) bond motifs is 1. The van der Waals surface area contributed by atoms with Gasteiger partial charge in [0.1, 0.15) is 5.75 Å². The summed E-state index contributed by atoms with van der Waals surface area (Å²) in [5.41, 5.74) is 1.85. The Morgan fingerprint density at radius 2 is 2.27 bits per heavy atom. The molecule has 0 aliphatic heterocycles. The molecule has 0 saturated heterocycles. The summed E-state index contributed by atoms with van der Waals surface area (Å²) in [5.74, 6) is -0.198. The van der Waals surface area contributed by atoms with Gasteiger partial charge in [-0.25, -0.2) is 4.79 Å². The topological polar surface area (TPSA) is 97.4 Å². The highest BCUT2D eigenvalue weighted by Crippen LogP contribution is 2.36. The minimum Gasteiger partial charge on any atom is -0.508 e. The molecule has 1 amide bonds. The molecule has 3 aromatic rings. The third-order valence-electron chi connectivity index (χ3n) is 4.47. The molecule has 1 aliphatic carbocycles. The fraction of sp³-hybridized carbons (Fsp3) is 0.278. The maximum atomic E-state index is 12.3. The largest absolute Gasteiger partial charge is 0.508 e. The monoisotopic (exact) mass is 371 g/mol. The number of aryl methyl sites for hydroxylation is 1. The molecule has 8 heteroatoms. The third-order valence-corrected chi connectivity index (χ3v) is 5.33. The number of nitrogens with one attached hydrogen (secondary N) is 1. The first-order valence-electron chi connectivity index (χ1n) is 8.34. The lowest BCUT2D eigenvalue weighted by atomic mass is 10.1. The molecule has 0 bridgehead atoms. The number of carbonyl (C=O) groups is 1. The Balaban J connectivity index is 1.39. The van der Waals surface area contributed by atoms with Crippen molar-refractivity contribution < 1.29 is 14.3 Å². The first kappa shape index (κ1) is 16.6. The number of phenolic OH excluding ortho intramolecular Hbond substituents is 1. The molecule has 0 radical (unpaired) electrons. The van der Waals surface area contributed by atoms with Gasteiger partial charge in [-0.2, -0.15) is 4.68 Å². The Labute approximate surface area is 152 Å². The zero-order chi connectivity index (χ0) is 18.1. The number of rotatable bonds is 5. The molecular weight excluding hydrogens is 354 g/mol. The van der Waals surface area contributed by atoms with E-state index in [1.165, 1.54) is 16.0 Å². The summed E-state index contributed by atoms with van der Waals surface area (Å²) in [6.45, 7) is 0.152. The van der Waals surface area contributed by atoms with Crippen molar-refractivity contribution in [1.82, 2.24) is 15.1 Å². The fourth-order valence-corrected chi connectivity index (χ4v) is 3.85. The number of amides is 1. The molecule has 1 aliphatic rings. The molecule has 134 valence electrons. The second kappa shape index (κ2) is 6.80. The van der Waals surface area contributed by atoms with E-state index in [4.69, 9.17) is 4.42 Å². The number of aromatic nitrogens is 2. The lowest BCUT2D eigenvalue weighted by Crippen LogP contribution is -2.29. The van der Waals surface area contributed by atoms with E-state index in [9.17, 15) is 14.7 Å². The minimum absolute atomic E-state index is 0.111. The molecule has 2 N–H and O–H groups in total. The van der Waals surface area contributed by atoms with E-state index >= 15 is 0 Å². The van der Waals surface area contributed by atoms with Crippen LogP contribution in [0.15, 0.2) is 44.9 Å². The van der Waals surface area contributed by atoms with Gasteiger partial charge in [-0.3, -0.25) is 4.79 Å². The highest BCUT2D eigenvalue weighted by molar-refractivity contribution is 7.13. The Morgan fingerprint density at radius 1 is 1.38 bits per heavy atom. The zero-order valence-electron chi connectivity index (χ0n) is 13.8. The fourth-order valence-electron chi connectivity index (χ4n) is 3.21. The van der Waals surface area contributed by atoms with Crippen LogP contribution in [0.5, 0.6) is 5.75 Å². The molecule has 1 aromatic carbocycles. The number of benzene rings is 1. The van der Waals surface area contributed by atoms with E-state index in [1.54, 1.807) is 12.1 Å². The van der Waals surface area contributed by atoms with Crippen LogP contribution < -0.4 is 11.1 Å². The van der Waals surface area contributed by atoms with E-state index in [0.29, 0.717) is 0 Å². The molecule has 0 saturated carbocycles. The smallest absolute Gasteiger partial charge is 0.437 e. The third kappa shape index (κ3) is 3.15. The minimum atomic E-state index is -0.572. The number of hydrogen-bond acceptors (Lipinski definition) is 6. The van der Waals surface area contributed by atoms with E-state index in [1.807, 2.05) is 23.6 Å². The molecule has 2 heterocycles. The first-order valence-corrected chi connectivity index (χ1v) is 9.22. The summed E-state index contributed by atoms with van der Waals surface area (Å²) in [5, 5.41) is 18.9. The van der Waals surface area contributed by atoms with Gasteiger partial charge in [0.05, 0.1) is 17.5 Å². The maximum Gasteiger partial charge on any atom is 0.437 e. The quantitative estimate of drug-likeness (QED) is 0.718. The predicted molar refractivity (Wildman–Crippen MR) is 96.0 cm³/mol. The number of aromatic hydroxyl groups is 1. The Morgan fingerprint density at radius 3 is 3.08 bits per heavy atom. The van der Waals surface area contributed by atoms with Gasteiger partial charge in [0.25, 0.3) is 5.89 Å². The number of phenols is 1. The van der Waals surface area contributed by atoms with Crippen molar-refractivity contribution in [3.63, 3.8) is 0 Å². The number of nitrogens with zero attached hydrogens (tertiary/aromatic N) is 2. The van der Waals surface area contributed by atoms with Gasteiger partial charge in [0.15, 0.2) is 0 Å². The van der Waals surface area contributed by atoms with E-state index in [2.05, 4.69) is 10.4 Å². The molecule has 0 spiro atoms. The average Bonchev–Trinajstić information content (AvgIpc) is 3.34. The Bertz CT molecular complexity index is 990. The second-order valence-electron chi connectivity index (χ2n) is 6.13. The molecule has 0 unspecified atom stereocenters. The van der Waals surface area contributed by atoms with Crippen molar-refractivity contribution in [1.29, 1.82) is 0 Å². The zero-order valence-corrected chi connectivity index (χ0v) is 14.7. The molecule has 4 rings (SSSR count). The number of carbonyl (C=O) groups excluding carboxylic acids is 1. The van der Waals surface area contributed by atoms with Gasteiger partial charge < -0.3 is 14.8 Å². The molecule has 0 fully saturated rings. The average molecular weight is 371 g/mol. The van der Waals surface area contributed by atoms with Crippen LogP contribution in [0.2, 0.25) is 0 Å². The van der Waals surface area contributed by atoms with Crippen LogP contribution in [-0.4, -0.2) is 20.8 Å². The first-order chi connectivity index (χ1) is 12.6. The van der Waals surface area contributed by atoms with Crippen LogP contribution >= 0.6 is 11.3 Å². The van der Waals surface area contributed by atoms with Gasteiger partial charge in [-0.05, 0) is 41.5 Å². The summed E-state index contributed by atoms with van der Waals surface area (Å²) in [6.07, 6.45) is 1.62. The Kier molecular flexibility index (Phi) is 4.34. The van der Waals surface area contributed by atoms with Crippen LogP contribution in [-0.2, 0) is 17.8 Å². The lowest BCUT2D eigenvalue weighted by molar-refractivity contribution is -0.122. The number of hydrogen-bond donors (Lipinski definition) is 2. The van der Waals surface area contributed by atoms with Crippen molar-refractivity contribution in [2.75, 3.05) is 0 Å². The summed E-state index contributed by atoms with van der Waals surface area (Å²) in [6, 6.07) is 8.91. The van der Waals surface area contributed by atoms with E-state index in [-0.39, 0.29) is 36.6 Å². The van der Waals surface area contributed by atoms with Crippen LogP contribution in [0.1, 0.15) is 30.0 Å². The lowest BCUT2D eigenvalue weighted by Gasteiger charge is -2.14. The van der Waals surface area contributed by atoms with Gasteiger partial charge in [0.2, 0.25) is 5.91 Å². The molecule has 7 nitrogen and oxygen atoms in total. The van der Waals surface area contributed by atoms with E-state index in [0.717, 1.165) is 28.8 Å². The standard InChI is InChI=1S/C18H17N3O4S/c22-14-4-1-3-11-12(14)6-7-13(11)19-16(23)8-9-21-18(24)25-17(20-21)15-5-2-10-26-15/h1-5,10,13,22H,6-9H2,(H,19,23)/t13-/m1/s1. The molecule has 2 aromatic heterocycles. The summed E-state index contributed by atoms with van der Waals surface area (Å²) in [7, 11) is 0. The van der Waals surface area contributed by atoms with Crippen LogP contribution in [0.4, 0.5) is 0 Å². The van der Waals surface area contributed by atoms with Crippen molar-refractivity contribution in [3.8, 4) is 16.5 Å².